The first-order valence-electron chi connectivity index (χ1n) is 12.7. The Bertz CT molecular complexity index is 1680. The summed E-state index contributed by atoms with van der Waals surface area (Å²) in [5.74, 6) is 0.781. The van der Waals surface area contributed by atoms with Crippen LogP contribution in [0, 0.1) is 18.3 Å². The second-order valence-electron chi connectivity index (χ2n) is 9.08. The van der Waals surface area contributed by atoms with Crippen molar-refractivity contribution < 1.29 is 13.5 Å². The highest BCUT2D eigenvalue weighted by Crippen LogP contribution is 2.38. The lowest BCUT2D eigenvalue weighted by atomic mass is 10.0. The van der Waals surface area contributed by atoms with Crippen molar-refractivity contribution in [2.24, 2.45) is 4.99 Å². The highest BCUT2D eigenvalue weighted by atomic mass is 19.3. The van der Waals surface area contributed by atoms with Crippen molar-refractivity contribution in [2.75, 3.05) is 11.9 Å². The molecule has 0 bridgehead atoms. The van der Waals surface area contributed by atoms with Gasteiger partial charge in [0.25, 0.3) is 0 Å². The van der Waals surface area contributed by atoms with Gasteiger partial charge in [0.05, 0.1) is 23.1 Å². The van der Waals surface area contributed by atoms with Crippen molar-refractivity contribution in [1.82, 2.24) is 15.0 Å². The molecule has 0 spiro atoms. The molecule has 40 heavy (non-hydrogen) atoms. The van der Waals surface area contributed by atoms with Crippen LogP contribution in [-0.4, -0.2) is 34.3 Å². The molecule has 0 aliphatic carbocycles. The van der Waals surface area contributed by atoms with E-state index < -0.39 is 6.61 Å². The van der Waals surface area contributed by atoms with Crippen LogP contribution in [0.2, 0.25) is 0 Å². The molecule has 5 aromatic rings. The Morgan fingerprint density at radius 3 is 2.30 bits per heavy atom. The maximum atomic E-state index is 13.1. The summed E-state index contributed by atoms with van der Waals surface area (Å²) >= 11 is 0. The SMILES string of the molecule is CCc1cc(C#N)c(OC(F)F)cc1N(C)c1nc(N=C(c2ccccc2)c2ccccc2)c2[nH]cnc2c1C. The summed E-state index contributed by atoms with van der Waals surface area (Å²) in [5, 5.41) is 9.52. The number of aromatic amines is 1. The molecule has 7 nitrogen and oxygen atoms in total. The molecule has 0 amide bonds. The fourth-order valence-electron chi connectivity index (χ4n) is 4.70. The summed E-state index contributed by atoms with van der Waals surface area (Å²) in [7, 11) is 1.79. The number of hydrogen-bond acceptors (Lipinski definition) is 6. The average molecular weight is 537 g/mol. The van der Waals surface area contributed by atoms with Crippen molar-refractivity contribution in [1.29, 1.82) is 5.26 Å². The number of anilines is 2. The maximum absolute atomic E-state index is 13.1. The number of nitriles is 1. The largest absolute Gasteiger partial charge is 0.433 e. The predicted octanol–water partition coefficient (Wildman–Crippen LogP) is 7.24. The number of aliphatic imine (C=N–C) groups is 1. The number of pyridine rings is 1. The van der Waals surface area contributed by atoms with Gasteiger partial charge in [0.2, 0.25) is 0 Å². The second-order valence-corrected chi connectivity index (χ2v) is 9.08. The summed E-state index contributed by atoms with van der Waals surface area (Å²) in [6, 6.07) is 24.7. The Morgan fingerprint density at radius 2 is 1.73 bits per heavy atom. The fourth-order valence-corrected chi connectivity index (χ4v) is 4.70. The Labute approximate surface area is 230 Å². The molecule has 0 saturated heterocycles. The topological polar surface area (TPSA) is 90.2 Å². The summed E-state index contributed by atoms with van der Waals surface area (Å²) in [6.07, 6.45) is 2.16. The number of nitrogens with zero attached hydrogens (tertiary/aromatic N) is 5. The van der Waals surface area contributed by atoms with Gasteiger partial charge in [-0.3, -0.25) is 0 Å². The van der Waals surface area contributed by atoms with Gasteiger partial charge < -0.3 is 14.6 Å². The first kappa shape index (κ1) is 26.5. The third-order valence-corrected chi connectivity index (χ3v) is 6.65. The summed E-state index contributed by atoms with van der Waals surface area (Å²) in [5.41, 5.74) is 6.14. The van der Waals surface area contributed by atoms with Gasteiger partial charge in [0, 0.05) is 35.5 Å². The fraction of sp³-hybridized carbons (Fsp3) is 0.161. The number of benzene rings is 3. The second kappa shape index (κ2) is 11.3. The van der Waals surface area contributed by atoms with Crippen LogP contribution in [0.3, 0.4) is 0 Å². The van der Waals surface area contributed by atoms with Crippen LogP contribution >= 0.6 is 0 Å². The van der Waals surface area contributed by atoms with E-state index in [-0.39, 0.29) is 11.3 Å². The molecule has 200 valence electrons. The van der Waals surface area contributed by atoms with Crippen LogP contribution in [0.15, 0.2) is 84.1 Å². The van der Waals surface area contributed by atoms with Gasteiger partial charge >= 0.3 is 6.61 Å². The minimum Gasteiger partial charge on any atom is -0.433 e. The van der Waals surface area contributed by atoms with Gasteiger partial charge in [-0.2, -0.15) is 14.0 Å². The van der Waals surface area contributed by atoms with Crippen molar-refractivity contribution >= 4 is 34.1 Å². The van der Waals surface area contributed by atoms with Gasteiger partial charge in [-0.1, -0.05) is 67.6 Å². The molecule has 3 aromatic carbocycles. The van der Waals surface area contributed by atoms with E-state index in [1.807, 2.05) is 80.6 Å². The van der Waals surface area contributed by atoms with Gasteiger partial charge in [0.15, 0.2) is 5.82 Å². The molecule has 0 fully saturated rings. The Morgan fingerprint density at radius 1 is 1.07 bits per heavy atom. The molecule has 0 unspecified atom stereocenters. The quantitative estimate of drug-likeness (QED) is 0.211. The number of alkyl halides is 2. The first-order chi connectivity index (χ1) is 19.4. The summed E-state index contributed by atoms with van der Waals surface area (Å²) in [6.45, 7) is 0.769. The molecule has 5 rings (SSSR count). The number of aromatic nitrogens is 3. The van der Waals surface area contributed by atoms with Crippen LogP contribution in [0.1, 0.15) is 34.7 Å². The molecular weight excluding hydrogens is 510 g/mol. The summed E-state index contributed by atoms with van der Waals surface area (Å²) in [4.78, 5) is 19.5. The third kappa shape index (κ3) is 5.12. The molecule has 0 aliphatic heterocycles. The lowest BCUT2D eigenvalue weighted by molar-refractivity contribution is -0.0500. The van der Waals surface area contributed by atoms with Crippen LogP contribution in [0.25, 0.3) is 11.0 Å². The average Bonchev–Trinajstić information content (AvgIpc) is 3.48. The number of nitrogens with one attached hydrogen (secondary N) is 1. The zero-order chi connectivity index (χ0) is 28.2. The summed E-state index contributed by atoms with van der Waals surface area (Å²) < 4.78 is 31.0. The number of imidazole rings is 1. The lowest BCUT2D eigenvalue weighted by Crippen LogP contribution is -2.16. The minimum absolute atomic E-state index is 0.0439. The molecule has 2 heterocycles. The van der Waals surface area contributed by atoms with Gasteiger partial charge in [-0.05, 0) is 25.0 Å². The molecule has 0 aliphatic rings. The monoisotopic (exact) mass is 536 g/mol. The van der Waals surface area contributed by atoms with E-state index in [0.29, 0.717) is 34.8 Å². The number of fused-ring (bicyclic) bond motifs is 1. The van der Waals surface area contributed by atoms with Crippen LogP contribution < -0.4 is 9.64 Å². The van der Waals surface area contributed by atoms with Crippen molar-refractivity contribution in [2.45, 2.75) is 26.9 Å². The standard InChI is InChI=1S/C31H26F2N6O/c1-4-20-15-23(17-34)25(40-31(32)33)16-24(20)39(3)30-19(2)26-28(36-18-35-26)29(38-30)37-27(21-11-7-5-8-12-21)22-13-9-6-10-14-22/h5-16,18,31H,4H2,1-3H3,(H,35,36). The van der Waals surface area contributed by atoms with E-state index in [4.69, 9.17) is 9.98 Å². The number of halogens is 2. The highest BCUT2D eigenvalue weighted by Gasteiger charge is 2.22. The van der Waals surface area contributed by atoms with Crippen LogP contribution in [0.5, 0.6) is 5.75 Å². The number of hydrogen-bond donors (Lipinski definition) is 1. The molecule has 0 radical (unpaired) electrons. The Balaban J connectivity index is 1.71. The normalized spacial score (nSPS) is 10.9. The number of H-pyrrole nitrogens is 1. The third-order valence-electron chi connectivity index (χ3n) is 6.65. The highest BCUT2D eigenvalue weighted by molar-refractivity contribution is 6.14. The smallest absolute Gasteiger partial charge is 0.387 e. The predicted molar refractivity (Wildman–Crippen MR) is 152 cm³/mol. The Kier molecular flexibility index (Phi) is 7.51. The van der Waals surface area contributed by atoms with E-state index in [1.54, 1.807) is 24.3 Å². The first-order valence-corrected chi connectivity index (χ1v) is 12.7. The zero-order valence-corrected chi connectivity index (χ0v) is 22.2. The van der Waals surface area contributed by atoms with Crippen LogP contribution in [0.4, 0.5) is 26.1 Å². The van der Waals surface area contributed by atoms with Gasteiger partial charge in [0.1, 0.15) is 23.2 Å². The number of ether oxygens (including phenoxy) is 1. The van der Waals surface area contributed by atoms with Crippen molar-refractivity contribution in [3.8, 4) is 11.8 Å². The molecule has 0 saturated carbocycles. The van der Waals surface area contributed by atoms with E-state index in [1.165, 1.54) is 6.07 Å². The maximum Gasteiger partial charge on any atom is 0.387 e. The molecular formula is C31H26F2N6O. The van der Waals surface area contributed by atoms with Crippen molar-refractivity contribution in [3.05, 3.63) is 107 Å². The van der Waals surface area contributed by atoms with E-state index in [0.717, 1.165) is 28.0 Å². The minimum atomic E-state index is -3.06. The van der Waals surface area contributed by atoms with Crippen molar-refractivity contribution in [3.63, 3.8) is 0 Å². The number of rotatable bonds is 8. The molecule has 0 atom stereocenters. The zero-order valence-electron chi connectivity index (χ0n) is 22.2. The van der Waals surface area contributed by atoms with E-state index >= 15 is 0 Å². The number of aryl methyl sites for hydroxylation is 2. The molecule has 2 aromatic heterocycles. The van der Waals surface area contributed by atoms with E-state index in [2.05, 4.69) is 14.7 Å². The lowest BCUT2D eigenvalue weighted by Gasteiger charge is -2.25. The van der Waals surface area contributed by atoms with Gasteiger partial charge in [-0.25, -0.2) is 15.0 Å². The molecule has 1 N–H and O–H groups in total. The van der Waals surface area contributed by atoms with Crippen LogP contribution in [-0.2, 0) is 6.42 Å². The molecule has 9 heteroatoms. The van der Waals surface area contributed by atoms with E-state index in [9.17, 15) is 14.0 Å². The van der Waals surface area contributed by atoms with Gasteiger partial charge in [-0.15, -0.1) is 0 Å². The Hall–Kier alpha value is -5.10.